The molecule has 3 rings (SSSR count). The number of fused-ring (bicyclic) bond motifs is 2. The highest BCUT2D eigenvalue weighted by atomic mass is 16.5. The summed E-state index contributed by atoms with van der Waals surface area (Å²) < 4.78 is 5.13. The van der Waals surface area contributed by atoms with Crippen LogP contribution in [0, 0.1) is 16.7 Å². The van der Waals surface area contributed by atoms with Crippen LogP contribution in [0.15, 0.2) is 24.3 Å². The molecule has 1 aliphatic heterocycles. The third kappa shape index (κ3) is 2.77. The number of carbonyl (C=O) groups is 3. The Morgan fingerprint density at radius 1 is 1.31 bits per heavy atom. The number of hydrogen-bond donors (Lipinski definition) is 1. The number of nitrogens with zero attached hydrogens (tertiary/aromatic N) is 1. The standard InChI is InChI=1S/C20H26N2O4/c1-19(2)15-8-10-20(19,3)18(25)22(17(15)24)11-9-16(23)21-13-6-5-7-14(12-13)26-4/h5-7,12,15H,8-11H2,1-4H3,(H,21,23). The molecule has 0 radical (unpaired) electrons. The first-order valence-corrected chi connectivity index (χ1v) is 9.00. The Morgan fingerprint density at radius 2 is 2.04 bits per heavy atom. The van der Waals surface area contributed by atoms with E-state index in [0.29, 0.717) is 11.4 Å². The molecule has 26 heavy (non-hydrogen) atoms. The lowest BCUT2D eigenvalue weighted by Crippen LogP contribution is -2.59. The molecule has 0 spiro atoms. The number of anilines is 1. The largest absolute Gasteiger partial charge is 0.497 e. The Kier molecular flexibility index (Phi) is 4.54. The quantitative estimate of drug-likeness (QED) is 0.821. The van der Waals surface area contributed by atoms with Gasteiger partial charge in [-0.2, -0.15) is 0 Å². The molecule has 3 amide bonds. The summed E-state index contributed by atoms with van der Waals surface area (Å²) >= 11 is 0. The molecule has 1 heterocycles. The van der Waals surface area contributed by atoms with Crippen molar-refractivity contribution in [2.24, 2.45) is 16.7 Å². The fourth-order valence-electron chi connectivity index (χ4n) is 4.25. The van der Waals surface area contributed by atoms with Gasteiger partial charge in [0.1, 0.15) is 5.75 Å². The Hall–Kier alpha value is -2.37. The number of imide groups is 1. The second-order valence-electron chi connectivity index (χ2n) is 7.97. The van der Waals surface area contributed by atoms with Crippen LogP contribution in [-0.2, 0) is 14.4 Å². The van der Waals surface area contributed by atoms with Crippen molar-refractivity contribution < 1.29 is 19.1 Å². The molecule has 6 heteroatoms. The van der Waals surface area contributed by atoms with Gasteiger partial charge < -0.3 is 10.1 Å². The monoisotopic (exact) mass is 358 g/mol. The van der Waals surface area contributed by atoms with E-state index < -0.39 is 5.41 Å². The SMILES string of the molecule is COc1cccc(NC(=O)CCN2C(=O)C3CCC(C)(C2=O)C3(C)C)c1. The number of hydrogen-bond acceptors (Lipinski definition) is 4. The molecule has 2 aliphatic rings. The summed E-state index contributed by atoms with van der Waals surface area (Å²) in [6.45, 7) is 6.08. The summed E-state index contributed by atoms with van der Waals surface area (Å²) in [6.07, 6.45) is 1.54. The highest BCUT2D eigenvalue weighted by molar-refractivity contribution is 6.04. The molecule has 140 valence electrons. The Bertz CT molecular complexity index is 758. The summed E-state index contributed by atoms with van der Waals surface area (Å²) in [6, 6.07) is 7.06. The van der Waals surface area contributed by atoms with E-state index in [1.54, 1.807) is 31.4 Å². The summed E-state index contributed by atoms with van der Waals surface area (Å²) in [5.74, 6) is -0.0108. The fourth-order valence-corrected chi connectivity index (χ4v) is 4.25. The second-order valence-corrected chi connectivity index (χ2v) is 7.97. The number of piperidine rings is 1. The van der Waals surface area contributed by atoms with Crippen molar-refractivity contribution in [1.82, 2.24) is 4.90 Å². The van der Waals surface area contributed by atoms with Crippen LogP contribution in [0.3, 0.4) is 0 Å². The van der Waals surface area contributed by atoms with Crippen molar-refractivity contribution >= 4 is 23.4 Å². The molecular formula is C20H26N2O4. The highest BCUT2D eigenvalue weighted by Crippen LogP contribution is 2.59. The van der Waals surface area contributed by atoms with Crippen LogP contribution >= 0.6 is 0 Å². The Labute approximate surface area is 153 Å². The van der Waals surface area contributed by atoms with Gasteiger partial charge in [0.25, 0.3) is 0 Å². The zero-order valence-corrected chi connectivity index (χ0v) is 15.8. The van der Waals surface area contributed by atoms with E-state index >= 15 is 0 Å². The third-order valence-corrected chi connectivity index (χ3v) is 6.42. The number of benzene rings is 1. The van der Waals surface area contributed by atoms with Gasteiger partial charge >= 0.3 is 0 Å². The molecule has 1 saturated carbocycles. The maximum Gasteiger partial charge on any atom is 0.235 e. The van der Waals surface area contributed by atoms with Gasteiger partial charge in [-0.25, -0.2) is 0 Å². The van der Waals surface area contributed by atoms with E-state index in [-0.39, 0.29) is 42.0 Å². The number of carbonyl (C=O) groups excluding carboxylic acids is 3. The van der Waals surface area contributed by atoms with E-state index in [1.807, 2.05) is 20.8 Å². The average Bonchev–Trinajstić information content (AvgIpc) is 2.79. The number of ether oxygens (including phenoxy) is 1. The lowest BCUT2D eigenvalue weighted by atomic mass is 9.62. The first kappa shape index (κ1) is 18.4. The molecular weight excluding hydrogens is 332 g/mol. The van der Waals surface area contributed by atoms with Gasteiger partial charge in [0.15, 0.2) is 0 Å². The van der Waals surface area contributed by atoms with E-state index in [4.69, 9.17) is 4.74 Å². The zero-order valence-electron chi connectivity index (χ0n) is 15.8. The van der Waals surface area contributed by atoms with Gasteiger partial charge in [0.05, 0.1) is 12.5 Å². The van der Waals surface area contributed by atoms with Gasteiger partial charge in [0, 0.05) is 30.6 Å². The Morgan fingerprint density at radius 3 is 2.73 bits per heavy atom. The zero-order chi connectivity index (χ0) is 19.1. The van der Waals surface area contributed by atoms with Crippen molar-refractivity contribution in [2.75, 3.05) is 19.0 Å². The smallest absolute Gasteiger partial charge is 0.235 e. The molecule has 6 nitrogen and oxygen atoms in total. The van der Waals surface area contributed by atoms with Gasteiger partial charge in [-0.05, 0) is 30.4 Å². The van der Waals surface area contributed by atoms with E-state index in [1.165, 1.54) is 4.90 Å². The number of nitrogens with one attached hydrogen (secondary N) is 1. The first-order chi connectivity index (χ1) is 12.2. The number of methoxy groups -OCH3 is 1. The third-order valence-electron chi connectivity index (χ3n) is 6.42. The van der Waals surface area contributed by atoms with E-state index in [9.17, 15) is 14.4 Å². The molecule has 0 aromatic heterocycles. The topological polar surface area (TPSA) is 75.7 Å². The summed E-state index contributed by atoms with van der Waals surface area (Å²) in [4.78, 5) is 39.3. The summed E-state index contributed by atoms with van der Waals surface area (Å²) in [7, 11) is 1.56. The normalized spacial score (nSPS) is 26.8. The summed E-state index contributed by atoms with van der Waals surface area (Å²) in [5.41, 5.74) is -0.242. The number of rotatable bonds is 5. The van der Waals surface area contributed by atoms with Crippen molar-refractivity contribution in [3.63, 3.8) is 0 Å². The molecule has 2 unspecified atom stereocenters. The summed E-state index contributed by atoms with van der Waals surface area (Å²) in [5, 5.41) is 2.78. The average molecular weight is 358 g/mol. The molecule has 2 atom stereocenters. The van der Waals surface area contributed by atoms with Crippen LogP contribution in [0.4, 0.5) is 5.69 Å². The van der Waals surface area contributed by atoms with Gasteiger partial charge in [0.2, 0.25) is 17.7 Å². The van der Waals surface area contributed by atoms with Gasteiger partial charge in [-0.1, -0.05) is 26.8 Å². The van der Waals surface area contributed by atoms with E-state index in [0.717, 1.165) is 12.8 Å². The van der Waals surface area contributed by atoms with Crippen molar-refractivity contribution in [3.05, 3.63) is 24.3 Å². The van der Waals surface area contributed by atoms with E-state index in [2.05, 4.69) is 5.32 Å². The highest BCUT2D eigenvalue weighted by Gasteiger charge is 2.64. The lowest BCUT2D eigenvalue weighted by Gasteiger charge is -2.47. The maximum absolute atomic E-state index is 12.9. The van der Waals surface area contributed by atoms with Gasteiger partial charge in [-0.15, -0.1) is 0 Å². The molecule has 2 fully saturated rings. The van der Waals surface area contributed by atoms with Crippen LogP contribution in [0.2, 0.25) is 0 Å². The van der Waals surface area contributed by atoms with Crippen LogP contribution < -0.4 is 10.1 Å². The van der Waals surface area contributed by atoms with Crippen LogP contribution in [0.25, 0.3) is 0 Å². The first-order valence-electron chi connectivity index (χ1n) is 9.00. The van der Waals surface area contributed by atoms with Crippen molar-refractivity contribution in [1.29, 1.82) is 0 Å². The van der Waals surface area contributed by atoms with Crippen LogP contribution in [-0.4, -0.2) is 36.3 Å². The molecule has 1 aromatic carbocycles. The molecule has 1 aromatic rings. The van der Waals surface area contributed by atoms with Crippen LogP contribution in [0.1, 0.15) is 40.0 Å². The fraction of sp³-hybridized carbons (Fsp3) is 0.550. The lowest BCUT2D eigenvalue weighted by molar-refractivity contribution is -0.167. The van der Waals surface area contributed by atoms with Crippen LogP contribution in [0.5, 0.6) is 5.75 Å². The minimum Gasteiger partial charge on any atom is -0.497 e. The van der Waals surface area contributed by atoms with Crippen molar-refractivity contribution in [2.45, 2.75) is 40.0 Å². The second kappa shape index (κ2) is 6.41. The number of amides is 3. The maximum atomic E-state index is 12.9. The van der Waals surface area contributed by atoms with Crippen molar-refractivity contribution in [3.8, 4) is 5.75 Å². The molecule has 1 aliphatic carbocycles. The predicted molar refractivity (Wildman–Crippen MR) is 97.6 cm³/mol. The van der Waals surface area contributed by atoms with Gasteiger partial charge in [-0.3, -0.25) is 19.3 Å². The molecule has 1 saturated heterocycles. The molecule has 1 N–H and O–H groups in total. The number of likely N-dealkylation sites (tertiary alicyclic amines) is 1. The molecule has 2 bridgehead atoms. The minimum atomic E-state index is -0.533. The predicted octanol–water partition coefficient (Wildman–Crippen LogP) is 2.84. The minimum absolute atomic E-state index is 0.0813. The Balaban J connectivity index is 1.65.